The minimum Gasteiger partial charge on any atom is -0.489 e. The summed E-state index contributed by atoms with van der Waals surface area (Å²) in [6.07, 6.45) is 0. The zero-order chi connectivity index (χ0) is 27.1. The Kier molecular flexibility index (Phi) is 9.07. The summed E-state index contributed by atoms with van der Waals surface area (Å²) in [7, 11) is -4.04. The van der Waals surface area contributed by atoms with Gasteiger partial charge in [0.2, 0.25) is 15.9 Å². The first kappa shape index (κ1) is 27.7. The molecular weight excluding hydrogens is 543 g/mol. The normalized spacial score (nSPS) is 11.4. The fourth-order valence-electron chi connectivity index (χ4n) is 3.68. The van der Waals surface area contributed by atoms with Crippen LogP contribution in [0.3, 0.4) is 0 Å². The van der Waals surface area contributed by atoms with Crippen molar-refractivity contribution in [2.45, 2.75) is 25.0 Å². The predicted molar refractivity (Wildman–Crippen MR) is 151 cm³/mol. The number of hydrogen-bond acceptors (Lipinski definition) is 4. The summed E-state index contributed by atoms with van der Waals surface area (Å²) in [5.41, 5.74) is 2.88. The number of amides is 1. The third-order valence-electron chi connectivity index (χ3n) is 5.76. The van der Waals surface area contributed by atoms with E-state index in [2.05, 4.69) is 5.32 Å². The number of sulfonamides is 1. The number of rotatable bonds is 10. The average Bonchev–Trinajstić information content (AvgIpc) is 2.90. The first-order valence-corrected chi connectivity index (χ1v) is 14.0. The van der Waals surface area contributed by atoms with Crippen LogP contribution in [0.5, 0.6) is 5.75 Å². The molecule has 0 saturated carbocycles. The fourth-order valence-corrected chi connectivity index (χ4v) is 5.56. The third-order valence-corrected chi connectivity index (χ3v) is 8.28. The van der Waals surface area contributed by atoms with E-state index in [9.17, 15) is 13.2 Å². The molecule has 0 radical (unpaired) electrons. The number of hydrogen-bond donors (Lipinski definition) is 1. The molecule has 6 nitrogen and oxygen atoms in total. The molecule has 196 valence electrons. The molecule has 1 amide bonds. The Morgan fingerprint density at radius 3 is 2.11 bits per heavy atom. The van der Waals surface area contributed by atoms with Crippen LogP contribution in [-0.2, 0) is 28.0 Å². The van der Waals surface area contributed by atoms with Gasteiger partial charge in [0.25, 0.3) is 0 Å². The van der Waals surface area contributed by atoms with E-state index in [1.165, 1.54) is 12.1 Å². The molecule has 1 N–H and O–H groups in total. The summed E-state index contributed by atoms with van der Waals surface area (Å²) in [6, 6.07) is 28.0. The van der Waals surface area contributed by atoms with Crippen molar-refractivity contribution in [3.05, 3.63) is 124 Å². The highest BCUT2D eigenvalue weighted by Gasteiger charge is 2.28. The number of nitrogens with zero attached hydrogens (tertiary/aromatic N) is 1. The van der Waals surface area contributed by atoms with Crippen LogP contribution in [0.25, 0.3) is 0 Å². The largest absolute Gasteiger partial charge is 0.489 e. The Hall–Kier alpha value is -3.36. The maximum Gasteiger partial charge on any atom is 0.243 e. The van der Waals surface area contributed by atoms with Crippen LogP contribution in [0.4, 0.5) is 5.69 Å². The van der Waals surface area contributed by atoms with Crippen LogP contribution in [0, 0.1) is 6.92 Å². The number of anilines is 1. The number of carbonyl (C=O) groups excluding carboxylic acids is 1. The molecule has 38 heavy (non-hydrogen) atoms. The number of aryl methyl sites for hydroxylation is 1. The van der Waals surface area contributed by atoms with E-state index in [1.807, 2.05) is 37.3 Å². The molecule has 0 saturated heterocycles. The van der Waals surface area contributed by atoms with Gasteiger partial charge in [-0.15, -0.1) is 0 Å². The first-order valence-electron chi connectivity index (χ1n) is 11.8. The summed E-state index contributed by atoms with van der Waals surface area (Å²) >= 11 is 12.6. The van der Waals surface area contributed by atoms with Crippen LogP contribution < -0.4 is 10.1 Å². The lowest BCUT2D eigenvalue weighted by Gasteiger charge is -2.23. The van der Waals surface area contributed by atoms with Crippen molar-refractivity contribution in [2.75, 3.05) is 11.9 Å². The second kappa shape index (κ2) is 12.5. The Balaban J connectivity index is 1.49. The lowest BCUT2D eigenvalue weighted by Crippen LogP contribution is -2.37. The molecule has 0 atom stereocenters. The van der Waals surface area contributed by atoms with Gasteiger partial charge in [0, 0.05) is 27.8 Å². The molecule has 4 aromatic rings. The predicted octanol–water partition coefficient (Wildman–Crippen LogP) is 6.71. The first-order chi connectivity index (χ1) is 18.2. The van der Waals surface area contributed by atoms with Crippen molar-refractivity contribution < 1.29 is 17.9 Å². The average molecular weight is 570 g/mol. The van der Waals surface area contributed by atoms with E-state index >= 15 is 0 Å². The number of ether oxygens (including phenoxy) is 1. The van der Waals surface area contributed by atoms with Gasteiger partial charge in [-0.2, -0.15) is 4.31 Å². The Bertz CT molecular complexity index is 1470. The lowest BCUT2D eigenvalue weighted by atomic mass is 10.2. The zero-order valence-corrected chi connectivity index (χ0v) is 22.9. The molecule has 0 aliphatic rings. The summed E-state index contributed by atoms with van der Waals surface area (Å²) in [5, 5.41) is 3.38. The van der Waals surface area contributed by atoms with Gasteiger partial charge in [-0.1, -0.05) is 77.3 Å². The van der Waals surface area contributed by atoms with E-state index in [1.54, 1.807) is 54.6 Å². The quantitative estimate of drug-likeness (QED) is 0.230. The lowest BCUT2D eigenvalue weighted by molar-refractivity contribution is -0.116. The topological polar surface area (TPSA) is 75.7 Å². The minimum absolute atomic E-state index is 0.0685. The van der Waals surface area contributed by atoms with Gasteiger partial charge in [0.15, 0.2) is 0 Å². The highest BCUT2D eigenvalue weighted by molar-refractivity contribution is 7.89. The molecule has 0 aliphatic carbocycles. The van der Waals surface area contributed by atoms with Crippen molar-refractivity contribution in [2.24, 2.45) is 0 Å². The van der Waals surface area contributed by atoms with E-state index in [0.717, 1.165) is 15.4 Å². The second-order valence-electron chi connectivity index (χ2n) is 8.63. The van der Waals surface area contributed by atoms with Crippen LogP contribution in [0.1, 0.15) is 16.7 Å². The molecule has 0 fully saturated rings. The maximum absolute atomic E-state index is 13.5. The molecule has 0 aliphatic heterocycles. The molecule has 4 aromatic carbocycles. The van der Waals surface area contributed by atoms with Crippen molar-refractivity contribution >= 4 is 44.8 Å². The highest BCUT2D eigenvalue weighted by Crippen LogP contribution is 2.28. The summed E-state index contributed by atoms with van der Waals surface area (Å²) in [6.45, 7) is 1.67. The van der Waals surface area contributed by atoms with E-state index < -0.39 is 22.5 Å². The van der Waals surface area contributed by atoms with E-state index in [4.69, 9.17) is 27.9 Å². The van der Waals surface area contributed by atoms with Crippen molar-refractivity contribution in [1.82, 2.24) is 4.31 Å². The fraction of sp³-hybridized carbons (Fsp3) is 0.138. The van der Waals surface area contributed by atoms with Crippen LogP contribution in [-0.4, -0.2) is 25.2 Å². The zero-order valence-electron chi connectivity index (χ0n) is 20.6. The maximum atomic E-state index is 13.5. The molecule has 9 heteroatoms. The Labute approximate surface area is 232 Å². The van der Waals surface area contributed by atoms with Crippen molar-refractivity contribution in [3.8, 4) is 5.75 Å². The number of benzene rings is 4. The van der Waals surface area contributed by atoms with E-state index in [-0.39, 0.29) is 11.4 Å². The smallest absolute Gasteiger partial charge is 0.243 e. The van der Waals surface area contributed by atoms with Crippen LogP contribution >= 0.6 is 23.2 Å². The summed E-state index contributed by atoms with van der Waals surface area (Å²) in [5.74, 6) is 0.130. The summed E-state index contributed by atoms with van der Waals surface area (Å²) < 4.78 is 33.9. The van der Waals surface area contributed by atoms with Gasteiger partial charge in [0.1, 0.15) is 12.4 Å². The molecule has 0 heterocycles. The molecule has 0 bridgehead atoms. The number of nitrogens with one attached hydrogen (secondary N) is 1. The number of carbonyl (C=O) groups is 1. The van der Waals surface area contributed by atoms with E-state index in [0.29, 0.717) is 33.7 Å². The minimum atomic E-state index is -4.04. The van der Waals surface area contributed by atoms with Crippen molar-refractivity contribution in [3.63, 3.8) is 0 Å². The van der Waals surface area contributed by atoms with Gasteiger partial charge in [-0.3, -0.25) is 4.79 Å². The molecule has 4 rings (SSSR count). The molecule has 0 spiro atoms. The third kappa shape index (κ3) is 7.14. The standard InChI is InChI=1S/C29H26Cl2N2O4S/c1-21-10-16-25(17-11-21)38(35,36)33(18-26-27(30)8-5-9-28(26)31)19-29(34)32-23-12-14-24(15-13-23)37-20-22-6-3-2-4-7-22/h2-17H,18-20H2,1H3,(H,32,34). The summed E-state index contributed by atoms with van der Waals surface area (Å²) in [4.78, 5) is 13.1. The van der Waals surface area contributed by atoms with Gasteiger partial charge in [0.05, 0.1) is 11.4 Å². The van der Waals surface area contributed by atoms with Crippen LogP contribution in [0.2, 0.25) is 10.0 Å². The SMILES string of the molecule is Cc1ccc(S(=O)(=O)N(CC(=O)Nc2ccc(OCc3ccccc3)cc2)Cc2c(Cl)cccc2Cl)cc1. The molecular formula is C29H26Cl2N2O4S. The Morgan fingerprint density at radius 2 is 1.47 bits per heavy atom. The van der Waals surface area contributed by atoms with Gasteiger partial charge in [-0.25, -0.2) is 8.42 Å². The van der Waals surface area contributed by atoms with Gasteiger partial charge >= 0.3 is 0 Å². The second-order valence-corrected chi connectivity index (χ2v) is 11.4. The molecule has 0 unspecified atom stereocenters. The number of halogens is 2. The van der Waals surface area contributed by atoms with Gasteiger partial charge < -0.3 is 10.1 Å². The van der Waals surface area contributed by atoms with Crippen LogP contribution in [0.15, 0.2) is 102 Å². The van der Waals surface area contributed by atoms with Crippen molar-refractivity contribution in [1.29, 1.82) is 0 Å². The highest BCUT2D eigenvalue weighted by atomic mass is 35.5. The monoisotopic (exact) mass is 568 g/mol. The van der Waals surface area contributed by atoms with Gasteiger partial charge in [-0.05, 0) is 61.0 Å². The Morgan fingerprint density at radius 1 is 0.842 bits per heavy atom. The molecule has 0 aromatic heterocycles.